The minimum Gasteiger partial charge on any atom is -0.457 e. The fourth-order valence-electron chi connectivity index (χ4n) is 5.25. The maximum atomic E-state index is 12.6. The van der Waals surface area contributed by atoms with Crippen molar-refractivity contribution in [1.82, 2.24) is 0 Å². The molecule has 9 heteroatoms. The maximum absolute atomic E-state index is 12.6. The van der Waals surface area contributed by atoms with Crippen LogP contribution in [0.25, 0.3) is 0 Å². The zero-order valence-corrected chi connectivity index (χ0v) is 34.5. The number of rotatable bonds is 37. The number of hydrogen-bond donors (Lipinski definition) is 1. The molecular weight excluding hydrogens is 661 g/mol. The Morgan fingerprint density at radius 2 is 1.14 bits per heavy atom. The van der Waals surface area contributed by atoms with Crippen molar-refractivity contribution in [2.24, 2.45) is 0 Å². The van der Waals surface area contributed by atoms with Crippen LogP contribution in [0.3, 0.4) is 0 Å². The minimum absolute atomic E-state index is 0.0815. The summed E-state index contributed by atoms with van der Waals surface area (Å²) in [4.78, 5) is 22.8. The normalized spacial score (nSPS) is 14.4. The van der Waals surface area contributed by atoms with Gasteiger partial charge >= 0.3 is 13.8 Å². The van der Waals surface area contributed by atoms with Crippen molar-refractivity contribution in [3.8, 4) is 0 Å². The van der Waals surface area contributed by atoms with E-state index in [1.165, 1.54) is 64.2 Å². The summed E-state index contributed by atoms with van der Waals surface area (Å²) in [7, 11) is 1.64. The first-order valence-corrected chi connectivity index (χ1v) is 21.9. The number of esters is 1. The fraction of sp³-hybridized carbons (Fsp3) is 0.786. The number of unbranched alkanes of at least 4 members (excludes halogenated alkanes) is 15. The highest BCUT2D eigenvalue weighted by Gasteiger charge is 2.26. The average molecular weight is 741 g/mol. The summed E-state index contributed by atoms with van der Waals surface area (Å²) in [5, 5.41) is 0. The van der Waals surface area contributed by atoms with E-state index in [2.05, 4.69) is 62.5 Å². The van der Waals surface area contributed by atoms with Crippen molar-refractivity contribution in [2.75, 3.05) is 54.1 Å². The number of likely N-dealkylation sites (N-methyl/N-ethyl adjacent to an activating group) is 1. The van der Waals surface area contributed by atoms with Crippen LogP contribution in [0, 0.1) is 0 Å². The lowest BCUT2D eigenvalue weighted by Gasteiger charge is -2.24. The van der Waals surface area contributed by atoms with Gasteiger partial charge in [0.2, 0.25) is 0 Å². The lowest BCUT2D eigenvalue weighted by atomic mass is 10.0. The van der Waals surface area contributed by atoms with E-state index in [0.717, 1.165) is 70.6 Å². The second kappa shape index (κ2) is 35.5. The van der Waals surface area contributed by atoms with E-state index in [1.54, 1.807) is 0 Å². The van der Waals surface area contributed by atoms with Gasteiger partial charge in [0, 0.05) is 13.0 Å². The monoisotopic (exact) mass is 741 g/mol. The predicted octanol–water partition coefficient (Wildman–Crippen LogP) is 11.6. The molecular formula is C42H79NO7P+. The molecule has 0 aliphatic rings. The molecule has 2 atom stereocenters. The number of phosphoric ester groups is 1. The van der Waals surface area contributed by atoms with Crippen molar-refractivity contribution >= 4 is 13.8 Å². The largest absolute Gasteiger partial charge is 0.472 e. The van der Waals surface area contributed by atoms with E-state index >= 15 is 0 Å². The van der Waals surface area contributed by atoms with E-state index in [0.29, 0.717) is 24.1 Å². The van der Waals surface area contributed by atoms with Crippen LogP contribution in [0.5, 0.6) is 0 Å². The molecule has 0 radical (unpaired) electrons. The number of allylic oxidation sites excluding steroid dienone is 8. The molecule has 0 amide bonds. The number of carbonyl (C=O) groups is 1. The molecule has 0 saturated carbocycles. The smallest absolute Gasteiger partial charge is 0.457 e. The van der Waals surface area contributed by atoms with E-state index < -0.39 is 13.9 Å². The molecule has 0 aromatic carbocycles. The van der Waals surface area contributed by atoms with Crippen molar-refractivity contribution in [3.63, 3.8) is 0 Å². The van der Waals surface area contributed by atoms with Gasteiger partial charge in [-0.3, -0.25) is 13.8 Å². The van der Waals surface area contributed by atoms with Crippen molar-refractivity contribution in [2.45, 2.75) is 161 Å². The summed E-state index contributed by atoms with van der Waals surface area (Å²) in [6, 6.07) is 0. The molecule has 0 rings (SSSR count). The van der Waals surface area contributed by atoms with Gasteiger partial charge in [-0.1, -0.05) is 146 Å². The molecule has 0 aliphatic heterocycles. The topological polar surface area (TPSA) is 91.3 Å². The molecule has 0 aromatic heterocycles. The van der Waals surface area contributed by atoms with Gasteiger partial charge < -0.3 is 18.9 Å². The Labute approximate surface area is 314 Å². The van der Waals surface area contributed by atoms with Crippen LogP contribution in [0.4, 0.5) is 0 Å². The second-order valence-corrected chi connectivity index (χ2v) is 16.1. The fourth-order valence-corrected chi connectivity index (χ4v) is 5.99. The minimum atomic E-state index is -4.28. The Morgan fingerprint density at radius 1 is 0.627 bits per heavy atom. The van der Waals surface area contributed by atoms with Crippen LogP contribution in [0.2, 0.25) is 0 Å². The average Bonchev–Trinajstić information content (AvgIpc) is 3.08. The number of phosphoric acid groups is 1. The highest BCUT2D eigenvalue weighted by molar-refractivity contribution is 7.47. The molecule has 0 bridgehead atoms. The van der Waals surface area contributed by atoms with Crippen LogP contribution in [-0.4, -0.2) is 75.6 Å². The standard InChI is InChI=1S/C42H78NO7P/c1-6-8-10-12-14-16-18-20-21-22-24-26-28-30-32-34-37-47-39-41(40-49-51(45,46)48-38-36-43(3,4)5)50-42(44)35-33-31-29-27-25-23-19-17-15-13-11-9-7-2/h8,10,14,16,20-21,24,26,41H,6-7,9,11-13,15,17-19,22-23,25,27-40H2,1-5H3/p+1/b10-8-,16-14-,21-20-,26-24-. The Bertz CT molecular complexity index is 957. The van der Waals surface area contributed by atoms with Crippen molar-refractivity contribution in [1.29, 1.82) is 0 Å². The predicted molar refractivity (Wildman–Crippen MR) is 215 cm³/mol. The van der Waals surface area contributed by atoms with Crippen LogP contribution in [0.15, 0.2) is 48.6 Å². The number of quaternary nitrogens is 1. The van der Waals surface area contributed by atoms with Gasteiger partial charge in [0.05, 0.1) is 34.4 Å². The first-order chi connectivity index (χ1) is 24.6. The van der Waals surface area contributed by atoms with Gasteiger partial charge in [-0.2, -0.15) is 0 Å². The van der Waals surface area contributed by atoms with E-state index in [9.17, 15) is 14.3 Å². The van der Waals surface area contributed by atoms with Gasteiger partial charge in [0.1, 0.15) is 19.3 Å². The van der Waals surface area contributed by atoms with Crippen molar-refractivity contribution < 1.29 is 37.3 Å². The van der Waals surface area contributed by atoms with Crippen LogP contribution in [0.1, 0.15) is 155 Å². The highest BCUT2D eigenvalue weighted by Crippen LogP contribution is 2.43. The molecule has 8 nitrogen and oxygen atoms in total. The summed E-state index contributed by atoms with van der Waals surface area (Å²) in [5.41, 5.74) is 0. The summed E-state index contributed by atoms with van der Waals surface area (Å²) in [5.74, 6) is -0.327. The molecule has 0 spiro atoms. The van der Waals surface area contributed by atoms with E-state index in [4.69, 9.17) is 18.5 Å². The molecule has 51 heavy (non-hydrogen) atoms. The van der Waals surface area contributed by atoms with Gasteiger partial charge in [-0.25, -0.2) is 4.57 Å². The lowest BCUT2D eigenvalue weighted by Crippen LogP contribution is -2.37. The SMILES string of the molecule is CC/C=C\C/C=C\C/C=C\C/C=C\CCCCCOCC(COP(=O)(O)OCC[N+](C)(C)C)OC(=O)CCCCCCCCCCCCCCC. The summed E-state index contributed by atoms with van der Waals surface area (Å²) in [6.45, 7) is 5.42. The molecule has 298 valence electrons. The van der Waals surface area contributed by atoms with Gasteiger partial charge in [-0.05, 0) is 51.4 Å². The number of ether oxygens (including phenoxy) is 2. The van der Waals surface area contributed by atoms with Gasteiger partial charge in [-0.15, -0.1) is 0 Å². The Balaban J connectivity index is 4.34. The van der Waals surface area contributed by atoms with Crippen molar-refractivity contribution in [3.05, 3.63) is 48.6 Å². The summed E-state index contributed by atoms with van der Waals surface area (Å²) in [6.07, 6.45) is 41.4. The van der Waals surface area contributed by atoms with E-state index in [1.807, 2.05) is 21.1 Å². The quantitative estimate of drug-likeness (QED) is 0.0223. The van der Waals surface area contributed by atoms with Gasteiger partial charge in [0.15, 0.2) is 0 Å². The van der Waals surface area contributed by atoms with Crippen LogP contribution in [-0.2, 0) is 27.9 Å². The molecule has 0 heterocycles. The third-order valence-electron chi connectivity index (χ3n) is 8.40. The first kappa shape index (κ1) is 49.5. The Kier molecular flexibility index (Phi) is 34.4. The van der Waals surface area contributed by atoms with Gasteiger partial charge in [0.25, 0.3) is 0 Å². The third-order valence-corrected chi connectivity index (χ3v) is 9.39. The maximum Gasteiger partial charge on any atom is 0.472 e. The number of nitrogens with zero attached hydrogens (tertiary/aromatic N) is 1. The molecule has 0 fully saturated rings. The first-order valence-electron chi connectivity index (χ1n) is 20.4. The zero-order valence-electron chi connectivity index (χ0n) is 33.6. The molecule has 0 aliphatic carbocycles. The Morgan fingerprint density at radius 3 is 1.69 bits per heavy atom. The molecule has 0 aromatic rings. The second-order valence-electron chi connectivity index (χ2n) is 14.6. The zero-order chi connectivity index (χ0) is 37.7. The van der Waals surface area contributed by atoms with E-state index in [-0.39, 0.29) is 25.8 Å². The third kappa shape index (κ3) is 39.5. The lowest BCUT2D eigenvalue weighted by molar-refractivity contribution is -0.870. The molecule has 1 N–H and O–H groups in total. The summed E-state index contributed by atoms with van der Waals surface area (Å²) < 4.78 is 34.9. The molecule has 0 saturated heterocycles. The Hall–Kier alpha value is -1.54. The van der Waals surface area contributed by atoms with Crippen LogP contribution >= 0.6 is 7.82 Å². The number of hydrogen-bond acceptors (Lipinski definition) is 6. The highest BCUT2D eigenvalue weighted by atomic mass is 31.2. The van der Waals surface area contributed by atoms with Crippen LogP contribution < -0.4 is 0 Å². The summed E-state index contributed by atoms with van der Waals surface area (Å²) >= 11 is 0. The number of carbonyl (C=O) groups excluding carboxylic acids is 1. The molecule has 2 unspecified atom stereocenters.